The van der Waals surface area contributed by atoms with Gasteiger partial charge in [0.05, 0.1) is 17.0 Å². The number of benzene rings is 1. The normalized spacial score (nSPS) is 12.4. The van der Waals surface area contributed by atoms with Crippen molar-refractivity contribution in [1.29, 1.82) is 0 Å². The summed E-state index contributed by atoms with van der Waals surface area (Å²) in [6.45, 7) is -2.79. The molecule has 10 heteroatoms. The van der Waals surface area contributed by atoms with Gasteiger partial charge in [0.2, 0.25) is 10.0 Å². The molecule has 1 aromatic carbocycles. The van der Waals surface area contributed by atoms with E-state index in [1.165, 1.54) is 6.07 Å². The fourth-order valence-electron chi connectivity index (χ4n) is 1.18. The highest BCUT2D eigenvalue weighted by atomic mass is 79.9. The van der Waals surface area contributed by atoms with Gasteiger partial charge in [-0.2, -0.15) is 0 Å². The van der Waals surface area contributed by atoms with Crippen LogP contribution in [-0.2, 0) is 10.0 Å². The van der Waals surface area contributed by atoms with Gasteiger partial charge in [-0.1, -0.05) is 0 Å². The summed E-state index contributed by atoms with van der Waals surface area (Å²) < 4.78 is 50.8. The van der Waals surface area contributed by atoms with Crippen molar-refractivity contribution in [3.05, 3.63) is 28.2 Å². The standard InChI is InChI=1S/C10H10BrF2NO5S/c11-8-2-1-6(3-7(8)9(16)17)20(18,19)14-4-10(12,13)5-15/h1-3,14-15H,4-5H2,(H,16,17). The van der Waals surface area contributed by atoms with Crippen LogP contribution in [0, 0.1) is 0 Å². The molecule has 0 saturated carbocycles. The Labute approximate surface area is 121 Å². The maximum absolute atomic E-state index is 12.8. The minimum Gasteiger partial charge on any atom is -0.478 e. The number of halogens is 3. The highest BCUT2D eigenvalue weighted by molar-refractivity contribution is 9.10. The van der Waals surface area contributed by atoms with Gasteiger partial charge in [-0.05, 0) is 34.1 Å². The molecule has 3 N–H and O–H groups in total. The second-order valence-corrected chi connectivity index (χ2v) is 6.41. The van der Waals surface area contributed by atoms with Gasteiger partial charge in [-0.3, -0.25) is 0 Å². The maximum Gasteiger partial charge on any atom is 0.336 e. The second-order valence-electron chi connectivity index (χ2n) is 3.79. The molecule has 0 radical (unpaired) electrons. The first kappa shape index (κ1) is 17.0. The summed E-state index contributed by atoms with van der Waals surface area (Å²) in [5.74, 6) is -4.97. The quantitative estimate of drug-likeness (QED) is 0.691. The zero-order chi connectivity index (χ0) is 15.6. The van der Waals surface area contributed by atoms with E-state index < -0.39 is 40.0 Å². The van der Waals surface area contributed by atoms with Crippen LogP contribution in [-0.4, -0.2) is 43.7 Å². The van der Waals surface area contributed by atoms with Gasteiger partial charge in [0.15, 0.2) is 0 Å². The molecule has 1 aromatic rings. The van der Waals surface area contributed by atoms with Crippen molar-refractivity contribution in [2.45, 2.75) is 10.8 Å². The van der Waals surface area contributed by atoms with Crippen LogP contribution in [0.15, 0.2) is 27.6 Å². The monoisotopic (exact) mass is 373 g/mol. The zero-order valence-electron chi connectivity index (χ0n) is 9.81. The molecular weight excluding hydrogens is 364 g/mol. The molecule has 112 valence electrons. The van der Waals surface area contributed by atoms with Crippen molar-refractivity contribution in [3.8, 4) is 0 Å². The third-order valence-corrected chi connectivity index (χ3v) is 4.32. The highest BCUT2D eigenvalue weighted by Crippen LogP contribution is 2.21. The van der Waals surface area contributed by atoms with Gasteiger partial charge in [0, 0.05) is 4.47 Å². The number of rotatable bonds is 6. The molecule has 0 saturated heterocycles. The molecule has 0 heterocycles. The van der Waals surface area contributed by atoms with E-state index >= 15 is 0 Å². The topological polar surface area (TPSA) is 104 Å². The fraction of sp³-hybridized carbons (Fsp3) is 0.300. The van der Waals surface area contributed by atoms with Gasteiger partial charge in [0.1, 0.15) is 6.61 Å². The fourth-order valence-corrected chi connectivity index (χ4v) is 2.68. The smallest absolute Gasteiger partial charge is 0.336 e. The van der Waals surface area contributed by atoms with Crippen LogP contribution in [0.5, 0.6) is 0 Å². The van der Waals surface area contributed by atoms with Gasteiger partial charge >= 0.3 is 5.97 Å². The third-order valence-electron chi connectivity index (χ3n) is 2.23. The van der Waals surface area contributed by atoms with Crippen LogP contribution in [0.25, 0.3) is 0 Å². The number of nitrogens with one attached hydrogen (secondary N) is 1. The number of aromatic carboxylic acids is 1. The molecule has 0 bridgehead atoms. The Balaban J connectivity index is 3.05. The number of hydrogen-bond acceptors (Lipinski definition) is 4. The van der Waals surface area contributed by atoms with Crippen LogP contribution in [0.4, 0.5) is 8.78 Å². The highest BCUT2D eigenvalue weighted by Gasteiger charge is 2.30. The predicted molar refractivity (Wildman–Crippen MR) is 68.3 cm³/mol. The number of aliphatic hydroxyl groups excluding tert-OH is 1. The molecule has 1 rings (SSSR count). The van der Waals surface area contributed by atoms with E-state index in [1.54, 1.807) is 4.72 Å². The van der Waals surface area contributed by atoms with E-state index in [4.69, 9.17) is 10.2 Å². The lowest BCUT2D eigenvalue weighted by Crippen LogP contribution is -2.39. The first-order chi connectivity index (χ1) is 9.09. The molecule has 0 aliphatic heterocycles. The number of sulfonamides is 1. The summed E-state index contributed by atoms with van der Waals surface area (Å²) >= 11 is 2.93. The van der Waals surface area contributed by atoms with E-state index in [9.17, 15) is 22.0 Å². The number of carboxylic acids is 1. The Hall–Kier alpha value is -1.10. The Bertz CT molecular complexity index is 620. The van der Waals surface area contributed by atoms with Gasteiger partial charge in [-0.15, -0.1) is 0 Å². The minimum atomic E-state index is -4.30. The number of alkyl halides is 2. The summed E-state index contributed by atoms with van der Waals surface area (Å²) in [6.07, 6.45) is 0. The van der Waals surface area contributed by atoms with E-state index in [0.29, 0.717) is 0 Å². The number of hydrogen-bond donors (Lipinski definition) is 3. The van der Waals surface area contributed by atoms with Crippen molar-refractivity contribution < 1.29 is 32.2 Å². The SMILES string of the molecule is O=C(O)c1cc(S(=O)(=O)NCC(F)(F)CO)ccc1Br. The zero-order valence-corrected chi connectivity index (χ0v) is 12.2. The van der Waals surface area contributed by atoms with Gasteiger partial charge < -0.3 is 10.2 Å². The molecule has 0 atom stereocenters. The van der Waals surface area contributed by atoms with Gasteiger partial charge in [-0.25, -0.2) is 26.7 Å². The minimum absolute atomic E-state index is 0.157. The van der Waals surface area contributed by atoms with Crippen molar-refractivity contribution in [1.82, 2.24) is 4.72 Å². The largest absolute Gasteiger partial charge is 0.478 e. The van der Waals surface area contributed by atoms with Crippen molar-refractivity contribution in [3.63, 3.8) is 0 Å². The van der Waals surface area contributed by atoms with Crippen LogP contribution < -0.4 is 4.72 Å². The Morgan fingerprint density at radius 3 is 2.50 bits per heavy atom. The van der Waals surface area contributed by atoms with E-state index in [-0.39, 0.29) is 10.0 Å². The summed E-state index contributed by atoms with van der Waals surface area (Å²) in [6, 6.07) is 3.09. The predicted octanol–water partition coefficient (Wildman–Crippen LogP) is 1.05. The second kappa shape index (κ2) is 6.12. The lowest BCUT2D eigenvalue weighted by atomic mass is 10.2. The lowest BCUT2D eigenvalue weighted by molar-refractivity contribution is -0.0437. The molecule has 0 aliphatic carbocycles. The van der Waals surface area contributed by atoms with Crippen molar-refractivity contribution >= 4 is 31.9 Å². The summed E-state index contributed by atoms with van der Waals surface area (Å²) in [5, 5.41) is 17.2. The van der Waals surface area contributed by atoms with Crippen molar-refractivity contribution in [2.75, 3.05) is 13.2 Å². The molecule has 20 heavy (non-hydrogen) atoms. The number of aliphatic hydroxyl groups is 1. The van der Waals surface area contributed by atoms with Crippen LogP contribution in [0.3, 0.4) is 0 Å². The molecule has 0 amide bonds. The molecule has 0 fully saturated rings. The summed E-state index contributed by atoms with van der Waals surface area (Å²) in [4.78, 5) is 10.4. The van der Waals surface area contributed by atoms with E-state index in [1.807, 2.05) is 0 Å². The first-order valence-electron chi connectivity index (χ1n) is 5.10. The molecule has 0 aliphatic rings. The Morgan fingerprint density at radius 2 is 2.00 bits per heavy atom. The average Bonchev–Trinajstić information content (AvgIpc) is 2.36. The van der Waals surface area contributed by atoms with Crippen LogP contribution in [0.2, 0.25) is 0 Å². The van der Waals surface area contributed by atoms with Gasteiger partial charge in [0.25, 0.3) is 5.92 Å². The number of carbonyl (C=O) groups is 1. The average molecular weight is 374 g/mol. The summed E-state index contributed by atoms with van der Waals surface area (Å²) in [7, 11) is -4.30. The van der Waals surface area contributed by atoms with E-state index in [0.717, 1.165) is 12.1 Å². The lowest BCUT2D eigenvalue weighted by Gasteiger charge is -2.14. The maximum atomic E-state index is 12.8. The number of carboxylic acid groups (broad SMARTS) is 1. The molecular formula is C10H10BrF2NO5S. The molecule has 0 aromatic heterocycles. The van der Waals surface area contributed by atoms with E-state index in [2.05, 4.69) is 15.9 Å². The third kappa shape index (κ3) is 4.20. The molecule has 6 nitrogen and oxygen atoms in total. The Morgan fingerprint density at radius 1 is 1.40 bits per heavy atom. The van der Waals surface area contributed by atoms with Crippen LogP contribution in [0.1, 0.15) is 10.4 Å². The van der Waals surface area contributed by atoms with Crippen molar-refractivity contribution in [2.24, 2.45) is 0 Å². The Kier molecular flexibility index (Phi) is 5.19. The van der Waals surface area contributed by atoms with Crippen LogP contribution >= 0.6 is 15.9 Å². The molecule has 0 spiro atoms. The summed E-state index contributed by atoms with van der Waals surface area (Å²) in [5.41, 5.74) is -0.318. The first-order valence-corrected chi connectivity index (χ1v) is 7.38. The molecule has 0 unspecified atom stereocenters.